The number of aromatic hydroxyl groups is 2. The maximum atomic E-state index is 14.8. The third-order valence-corrected chi connectivity index (χ3v) is 21.5. The summed E-state index contributed by atoms with van der Waals surface area (Å²) in [4.78, 5) is 242. The van der Waals surface area contributed by atoms with Gasteiger partial charge < -0.3 is 161 Å². The summed E-state index contributed by atoms with van der Waals surface area (Å²) in [5, 5.41) is 105. The molecular weight excluding hydrogens is 1750 g/mol. The summed E-state index contributed by atoms with van der Waals surface area (Å²) in [6.45, 7) is 7.17. The molecule has 0 aromatic heterocycles. The molecule has 0 unspecified atom stereocenters. The van der Waals surface area contributed by atoms with Crippen molar-refractivity contribution in [2.45, 2.75) is 246 Å². The van der Waals surface area contributed by atoms with Crippen LogP contribution >= 0.6 is 25.3 Å². The molecule has 0 bridgehead atoms. The fourth-order valence-corrected chi connectivity index (χ4v) is 13.6. The zero-order chi connectivity index (χ0) is 98.1. The van der Waals surface area contributed by atoms with E-state index in [0.717, 1.165) is 11.8 Å². The Morgan fingerprint density at radius 3 is 1.27 bits per heavy atom. The number of guanidine groups is 1. The minimum Gasteiger partial charge on any atom is -0.508 e. The zero-order valence-electron chi connectivity index (χ0n) is 73.7. The van der Waals surface area contributed by atoms with Crippen LogP contribution in [-0.2, 0) is 94.3 Å². The smallest absolute Gasteiger partial charge is 0.326 e. The van der Waals surface area contributed by atoms with Crippen molar-refractivity contribution in [1.29, 1.82) is 0 Å². The number of carbonyl (C=O) groups excluding carboxylic acids is 16. The van der Waals surface area contributed by atoms with Gasteiger partial charge in [0, 0.05) is 42.9 Å². The number of hydrogen-bond acceptors (Lipinski definition) is 31. The van der Waals surface area contributed by atoms with E-state index in [-0.39, 0.29) is 120 Å². The van der Waals surface area contributed by atoms with Gasteiger partial charge in [-0.15, -0.1) is 0 Å². The minimum atomic E-state index is -1.98. The molecule has 37 N–H and O–H groups in total. The summed E-state index contributed by atoms with van der Waals surface area (Å²) >= 11 is 8.72. The number of aliphatic hydroxyl groups excluding tert-OH is 4. The van der Waals surface area contributed by atoms with Gasteiger partial charge in [-0.2, -0.15) is 25.3 Å². The molecule has 19 atom stereocenters. The van der Waals surface area contributed by atoms with Crippen LogP contribution in [-0.4, -0.2) is 319 Å². The molecule has 728 valence electrons. The largest absolute Gasteiger partial charge is 0.508 e. The Morgan fingerprint density at radius 1 is 0.485 bits per heavy atom. The van der Waals surface area contributed by atoms with Crippen LogP contribution in [0, 0.1) is 11.8 Å². The molecule has 2 aromatic carbocycles. The number of carboxylic acid groups (broad SMARTS) is 1. The van der Waals surface area contributed by atoms with Crippen molar-refractivity contribution in [2.75, 3.05) is 58.2 Å². The van der Waals surface area contributed by atoms with Gasteiger partial charge >= 0.3 is 5.97 Å². The lowest BCUT2D eigenvalue weighted by Crippen LogP contribution is -2.64. The average Bonchev–Trinajstić information content (AvgIpc) is 1.51. The molecule has 0 spiro atoms. The summed E-state index contributed by atoms with van der Waals surface area (Å²) in [5.74, 6) is -20.9. The Labute approximate surface area is 762 Å². The quantitative estimate of drug-likeness (QED) is 0.0127. The molecule has 48 nitrogen and oxygen atoms in total. The molecule has 16 amide bonds. The molecular formula is C80H132N24O24S2. The van der Waals surface area contributed by atoms with E-state index < -0.39 is 258 Å². The van der Waals surface area contributed by atoms with Crippen molar-refractivity contribution in [3.05, 3.63) is 59.7 Å². The van der Waals surface area contributed by atoms with Crippen LogP contribution in [0.1, 0.15) is 130 Å². The highest BCUT2D eigenvalue weighted by Gasteiger charge is 2.46. The van der Waals surface area contributed by atoms with Crippen LogP contribution in [0.3, 0.4) is 0 Å². The average molecular weight is 1880 g/mol. The van der Waals surface area contributed by atoms with Crippen molar-refractivity contribution in [3.8, 4) is 11.5 Å². The molecule has 3 rings (SSSR count). The van der Waals surface area contributed by atoms with E-state index in [1.165, 1.54) is 62.4 Å². The Morgan fingerprint density at radius 2 is 0.862 bits per heavy atom. The topological polar surface area (TPSA) is 824 Å². The summed E-state index contributed by atoms with van der Waals surface area (Å²) in [5.41, 5.74) is 47.1. The number of aliphatic hydroxyl groups is 4. The Hall–Kier alpha value is -11.4. The number of nitrogens with two attached hydrogens (primary N) is 8. The summed E-state index contributed by atoms with van der Waals surface area (Å²) in [6, 6.07) is -15.4. The van der Waals surface area contributed by atoms with Crippen LogP contribution < -0.4 is 120 Å². The lowest BCUT2D eigenvalue weighted by molar-refractivity contribution is -0.142. The van der Waals surface area contributed by atoms with E-state index in [9.17, 15) is 117 Å². The predicted octanol–water partition coefficient (Wildman–Crippen LogP) is -11.1. The van der Waals surface area contributed by atoms with Crippen molar-refractivity contribution in [1.82, 2.24) is 79.3 Å². The number of carboxylic acids is 1. The number of carbonyl (C=O) groups is 17. The molecule has 0 radical (unpaired) electrons. The molecule has 2 aromatic rings. The molecule has 130 heavy (non-hydrogen) atoms. The third kappa shape index (κ3) is 37.6. The number of thiol groups is 2. The molecule has 0 saturated carbocycles. The number of nitrogens with zero attached hydrogens (tertiary/aromatic N) is 2. The molecule has 1 saturated heterocycles. The highest BCUT2D eigenvalue weighted by molar-refractivity contribution is 7.81. The van der Waals surface area contributed by atoms with Gasteiger partial charge in [0.2, 0.25) is 94.5 Å². The normalized spacial score (nSPS) is 17.0. The van der Waals surface area contributed by atoms with E-state index in [0.29, 0.717) is 17.5 Å². The van der Waals surface area contributed by atoms with E-state index in [2.05, 4.69) is 105 Å². The number of nitrogens with one attached hydrogen (secondary N) is 14. The summed E-state index contributed by atoms with van der Waals surface area (Å²) in [6.07, 6.45) is -5.85. The predicted molar refractivity (Wildman–Crippen MR) is 477 cm³/mol. The number of phenols is 2. The van der Waals surface area contributed by atoms with Gasteiger partial charge in [-0.1, -0.05) is 58.4 Å². The van der Waals surface area contributed by atoms with Crippen molar-refractivity contribution >= 4 is 132 Å². The number of aliphatic carboxylic acids is 1. The molecule has 0 aliphatic carbocycles. The maximum absolute atomic E-state index is 14.8. The number of amides is 16. The Bertz CT molecular complexity index is 4170. The minimum absolute atomic E-state index is 0.0960. The number of primary amides is 1. The van der Waals surface area contributed by atoms with Gasteiger partial charge in [0.25, 0.3) is 0 Å². The van der Waals surface area contributed by atoms with Crippen molar-refractivity contribution in [3.63, 3.8) is 0 Å². The first kappa shape index (κ1) is 113. The van der Waals surface area contributed by atoms with Gasteiger partial charge in [0.1, 0.15) is 102 Å². The van der Waals surface area contributed by atoms with Gasteiger partial charge in [0.05, 0.1) is 37.9 Å². The van der Waals surface area contributed by atoms with Crippen molar-refractivity contribution in [2.24, 2.45) is 62.7 Å². The van der Waals surface area contributed by atoms with E-state index in [4.69, 9.17) is 45.9 Å². The Kier molecular flexibility index (Phi) is 48.8. The first-order valence-electron chi connectivity index (χ1n) is 42.3. The number of β-amino-alcohol motifs (C(OH)–C–C–N with tert-alkyl or cyclic N) is 1. The van der Waals surface area contributed by atoms with Crippen LogP contribution in [0.25, 0.3) is 0 Å². The second-order valence-corrected chi connectivity index (χ2v) is 33.8. The van der Waals surface area contributed by atoms with E-state index in [1.807, 2.05) is 0 Å². The fourth-order valence-electron chi connectivity index (χ4n) is 13.1. The summed E-state index contributed by atoms with van der Waals surface area (Å²) in [7, 11) is 0. The number of rotatable bonds is 58. The molecule has 50 heteroatoms. The van der Waals surface area contributed by atoms with Gasteiger partial charge in [-0.05, 0) is 146 Å². The number of benzene rings is 2. The molecule has 1 aliphatic rings. The van der Waals surface area contributed by atoms with E-state index in [1.54, 1.807) is 27.7 Å². The monoisotopic (exact) mass is 1880 g/mol. The first-order valence-corrected chi connectivity index (χ1v) is 43.4. The zero-order valence-corrected chi connectivity index (χ0v) is 75.5. The first-order chi connectivity index (χ1) is 61.1. The van der Waals surface area contributed by atoms with E-state index >= 15 is 0 Å². The fraction of sp³-hybridized carbons (Fsp3) is 0.625. The molecule has 1 fully saturated rings. The third-order valence-electron chi connectivity index (χ3n) is 20.9. The second-order valence-electron chi connectivity index (χ2n) is 32.3. The lowest BCUT2D eigenvalue weighted by atomic mass is 9.95. The standard InChI is InChI=1S/C80H132N24O24S2/c1-8-39(4)60(101-73(122)57-32-45(110)34-104(57)77(126)59(86)38(2)3)74(123)103-62(80(6,7)130)76(125)96-51(30-41-14-18-43(108)19-15-41)68(117)93-48(22-26-82)66(115)95-52(33-58(85)111)69(118)91-47(13-11-29-89-79(87)88)63(112)92-50(24-28-84)67(116)102-61(40(5)107)75(124)94-49(23-27-83)65(114)90-46(12-9-10-25-81)64(113)98-54(35-105)70(119)99-55(36-106)71(120)100-56(37-129)72(121)97-53(78(127)128)31-42-16-20-44(109)21-17-42/h14-21,38-40,45-57,59-62,105-110,129-130H,8-13,22-37,81-84,86H2,1-7H3,(H2,85,111)(H,90,114)(H,91,118)(H,92,112)(H,93,117)(H,94,124)(H,95,115)(H,96,125)(H,97,121)(H,98,113)(H,99,119)(H,100,120)(H,101,122)(H,102,116)(H,103,123)(H,127,128)(H4,87,88,89)/t39-,40+,45+,46-,47-,48-,49+,50-,51-,52-,53-,54-,55-,56-,57-,59-,60-,61-,62+/m0/s1. The number of unbranched alkanes of at least 4 members (excludes halogenated alkanes) is 1. The maximum Gasteiger partial charge on any atom is 0.326 e. The molecule has 1 heterocycles. The lowest BCUT2D eigenvalue weighted by Gasteiger charge is -2.34. The highest BCUT2D eigenvalue weighted by atomic mass is 32.1. The van der Waals surface area contributed by atoms with Gasteiger partial charge in [0.15, 0.2) is 5.96 Å². The second kappa shape index (κ2) is 56.3. The number of phenolic OH excluding ortho intramolecular Hbond substituents is 2. The summed E-state index contributed by atoms with van der Waals surface area (Å²) < 4.78 is -1.46. The van der Waals surface area contributed by atoms with Crippen LogP contribution in [0.15, 0.2) is 53.5 Å². The van der Waals surface area contributed by atoms with Crippen molar-refractivity contribution < 1.29 is 117 Å². The number of hydrogen-bond donors (Lipinski definition) is 31. The number of aliphatic imine (C=N–C) groups is 1. The SMILES string of the molecule is CC[C@H](C)[C@H](NC(=O)[C@@H]1C[C@@H](O)CN1C(=O)[C@@H](N)C(C)C)C(=O)N[C@H](C(=O)N[C@@H](Cc1ccc(O)cc1)C(=O)N[C@@H](CCN)C(=O)N[C@@H](CC(N)=O)C(=O)N[C@@H](CCCN=C(N)N)C(=O)N[C@@H](CCN)C(=O)N[C@H](C(=O)N[C@H](CCN)C(=O)N[C@@H](CCCCN)C(=O)N[C@@H](CO)C(=O)N[C@@H](CO)C(=O)N[C@@H](CS)C(=O)N[C@@H](Cc1ccc(O)cc1)C(=O)O)[C@@H](C)O)C(C)(C)S. The van der Waals surface area contributed by atoms with Gasteiger partial charge in [-0.25, -0.2) is 4.79 Å². The number of likely N-dealkylation sites (tertiary alicyclic amines) is 1. The van der Waals surface area contributed by atoms with Crippen LogP contribution in [0.2, 0.25) is 0 Å². The molecule has 1 aliphatic heterocycles. The van der Waals surface area contributed by atoms with Crippen LogP contribution in [0.4, 0.5) is 0 Å². The highest BCUT2D eigenvalue weighted by Crippen LogP contribution is 2.24. The van der Waals surface area contributed by atoms with Crippen LogP contribution in [0.5, 0.6) is 11.5 Å². The Balaban J connectivity index is 1.90. The van der Waals surface area contributed by atoms with Gasteiger partial charge in [-0.3, -0.25) is 81.7 Å².